The number of aromatic nitrogens is 1. The molecule has 0 spiro atoms. The topological polar surface area (TPSA) is 71.5 Å². The van der Waals surface area contributed by atoms with Gasteiger partial charge in [0.05, 0.1) is 5.69 Å². The van der Waals surface area contributed by atoms with Crippen molar-refractivity contribution < 1.29 is 5.21 Å². The van der Waals surface area contributed by atoms with Crippen molar-refractivity contribution in [3.63, 3.8) is 0 Å². The fourth-order valence-electron chi connectivity index (χ4n) is 2.14. The second-order valence-electron chi connectivity index (χ2n) is 4.25. The smallest absolute Gasteiger partial charge is 0.143 e. The Labute approximate surface area is 105 Å². The van der Waals surface area contributed by atoms with Crippen molar-refractivity contribution in [1.29, 1.82) is 0 Å². The van der Waals surface area contributed by atoms with Gasteiger partial charge in [-0.25, -0.2) is 0 Å². The van der Waals surface area contributed by atoms with Crippen LogP contribution >= 0.6 is 11.6 Å². The third-order valence-corrected chi connectivity index (χ3v) is 3.32. The zero-order valence-corrected chi connectivity index (χ0v) is 10.2. The van der Waals surface area contributed by atoms with E-state index in [0.29, 0.717) is 5.02 Å². The van der Waals surface area contributed by atoms with Gasteiger partial charge >= 0.3 is 0 Å². The molecule has 0 radical (unpaired) electrons. The lowest BCUT2D eigenvalue weighted by atomic mass is 9.96. The van der Waals surface area contributed by atoms with Gasteiger partial charge in [0.15, 0.2) is 0 Å². The summed E-state index contributed by atoms with van der Waals surface area (Å²) in [7, 11) is 0. The first-order chi connectivity index (χ1) is 8.11. The summed E-state index contributed by atoms with van der Waals surface area (Å²) < 4.78 is 0. The van der Waals surface area contributed by atoms with Crippen LogP contribution in [0.3, 0.4) is 0 Å². The normalized spacial score (nSPS) is 24.8. The number of rotatable bonds is 2. The van der Waals surface area contributed by atoms with Crippen molar-refractivity contribution in [2.45, 2.75) is 13.3 Å². The van der Waals surface area contributed by atoms with Gasteiger partial charge in [-0.15, -0.1) is 0 Å². The van der Waals surface area contributed by atoms with Gasteiger partial charge in [-0.05, 0) is 30.0 Å². The summed E-state index contributed by atoms with van der Waals surface area (Å²) in [4.78, 5) is 4.28. The Morgan fingerprint density at radius 3 is 3.06 bits per heavy atom. The van der Waals surface area contributed by atoms with Gasteiger partial charge < -0.3 is 10.9 Å². The van der Waals surface area contributed by atoms with E-state index in [-0.39, 0.29) is 17.7 Å². The van der Waals surface area contributed by atoms with Crippen molar-refractivity contribution in [3.8, 4) is 0 Å². The summed E-state index contributed by atoms with van der Waals surface area (Å²) >= 11 is 5.93. The van der Waals surface area contributed by atoms with Crippen molar-refractivity contribution >= 4 is 23.0 Å². The summed E-state index contributed by atoms with van der Waals surface area (Å²) in [5.74, 6) is 0.545. The largest absolute Gasteiger partial charge is 0.409 e. The summed E-state index contributed by atoms with van der Waals surface area (Å²) in [5, 5.41) is 12.5. The van der Waals surface area contributed by atoms with Crippen LogP contribution < -0.4 is 5.73 Å². The summed E-state index contributed by atoms with van der Waals surface area (Å²) in [6.07, 6.45) is 4.51. The van der Waals surface area contributed by atoms with Crippen LogP contribution in [0, 0.1) is 11.8 Å². The molecule has 2 rings (SSSR count). The number of halogens is 1. The van der Waals surface area contributed by atoms with Crippen LogP contribution in [0.25, 0.3) is 5.57 Å². The van der Waals surface area contributed by atoms with E-state index in [1.165, 1.54) is 0 Å². The molecule has 1 heterocycles. The Morgan fingerprint density at radius 2 is 2.41 bits per heavy atom. The molecule has 1 aromatic rings. The molecule has 0 unspecified atom stereocenters. The van der Waals surface area contributed by atoms with E-state index in [9.17, 15) is 0 Å². The van der Waals surface area contributed by atoms with Gasteiger partial charge in [0.25, 0.3) is 0 Å². The molecule has 0 aliphatic heterocycles. The zero-order chi connectivity index (χ0) is 12.4. The minimum atomic E-state index is 0.0378. The Morgan fingerprint density at radius 1 is 1.65 bits per heavy atom. The van der Waals surface area contributed by atoms with Crippen molar-refractivity contribution in [3.05, 3.63) is 35.1 Å². The molecular weight excluding hydrogens is 238 g/mol. The van der Waals surface area contributed by atoms with E-state index in [1.807, 2.05) is 13.0 Å². The molecule has 17 heavy (non-hydrogen) atoms. The van der Waals surface area contributed by atoms with Crippen LogP contribution in [0.1, 0.15) is 19.0 Å². The molecule has 2 atom stereocenters. The number of hydrogen-bond donors (Lipinski definition) is 2. The highest BCUT2D eigenvalue weighted by Gasteiger charge is 2.28. The van der Waals surface area contributed by atoms with Gasteiger partial charge in [0.2, 0.25) is 0 Å². The highest BCUT2D eigenvalue weighted by Crippen LogP contribution is 2.36. The summed E-state index contributed by atoms with van der Waals surface area (Å²) in [6.45, 7) is 2.04. The highest BCUT2D eigenvalue weighted by molar-refractivity contribution is 6.30. The first kappa shape index (κ1) is 11.9. The van der Waals surface area contributed by atoms with Crippen LogP contribution in [0.4, 0.5) is 0 Å². The lowest BCUT2D eigenvalue weighted by molar-refractivity contribution is 0.312. The first-order valence-corrected chi connectivity index (χ1v) is 5.79. The summed E-state index contributed by atoms with van der Waals surface area (Å²) in [6, 6.07) is 3.57. The lowest BCUT2D eigenvalue weighted by Gasteiger charge is -2.12. The van der Waals surface area contributed by atoms with Crippen molar-refractivity contribution in [1.82, 2.24) is 4.98 Å². The second-order valence-corrected chi connectivity index (χ2v) is 4.68. The second kappa shape index (κ2) is 4.75. The quantitative estimate of drug-likeness (QED) is 0.367. The van der Waals surface area contributed by atoms with Gasteiger partial charge in [-0.3, -0.25) is 4.98 Å². The summed E-state index contributed by atoms with van der Waals surface area (Å²) in [5.41, 5.74) is 7.61. The maximum Gasteiger partial charge on any atom is 0.143 e. The lowest BCUT2D eigenvalue weighted by Crippen LogP contribution is -2.25. The van der Waals surface area contributed by atoms with Crippen LogP contribution in [0.5, 0.6) is 0 Å². The highest BCUT2D eigenvalue weighted by atomic mass is 35.5. The molecule has 90 valence electrons. The van der Waals surface area contributed by atoms with Gasteiger partial charge in [0, 0.05) is 17.1 Å². The third-order valence-electron chi connectivity index (χ3n) is 3.08. The van der Waals surface area contributed by atoms with Crippen LogP contribution in [0.2, 0.25) is 5.02 Å². The number of hydrogen-bond acceptors (Lipinski definition) is 3. The number of oxime groups is 1. The van der Waals surface area contributed by atoms with E-state index in [4.69, 9.17) is 22.5 Å². The standard InChI is InChI=1S/C12H14ClN3O/c1-7-4-8(5-10(7)12(14)16-17)11-6-9(13)2-3-15-11/h2-4,6-7,10,17H,5H2,1H3,(H2,14,16)/t7-,10+/m1/s1. The van der Waals surface area contributed by atoms with E-state index in [2.05, 4.69) is 16.2 Å². The van der Waals surface area contributed by atoms with E-state index < -0.39 is 0 Å². The molecule has 0 saturated heterocycles. The van der Waals surface area contributed by atoms with Crippen molar-refractivity contribution in [2.75, 3.05) is 0 Å². The Hall–Kier alpha value is -1.55. The van der Waals surface area contributed by atoms with E-state index in [0.717, 1.165) is 17.7 Å². The molecule has 1 aromatic heterocycles. The average molecular weight is 252 g/mol. The maximum absolute atomic E-state index is 8.72. The Balaban J connectivity index is 2.24. The molecule has 1 aliphatic rings. The predicted octanol–water partition coefficient (Wildman–Crippen LogP) is 2.52. The SMILES string of the molecule is C[C@@H]1C=C(c2cc(Cl)ccn2)C[C@@H]1/C(N)=N/O. The predicted molar refractivity (Wildman–Crippen MR) is 67.9 cm³/mol. The molecule has 1 aliphatic carbocycles. The fourth-order valence-corrected chi connectivity index (χ4v) is 2.30. The minimum Gasteiger partial charge on any atom is -0.409 e. The molecule has 0 fully saturated rings. The molecular formula is C12H14ClN3O. The maximum atomic E-state index is 8.72. The number of nitrogens with zero attached hydrogens (tertiary/aromatic N) is 2. The van der Waals surface area contributed by atoms with Crippen molar-refractivity contribution in [2.24, 2.45) is 22.7 Å². The molecule has 3 N–H and O–H groups in total. The van der Waals surface area contributed by atoms with Gasteiger partial charge in [-0.2, -0.15) is 0 Å². The molecule has 0 aromatic carbocycles. The Kier molecular flexibility index (Phi) is 3.33. The van der Waals surface area contributed by atoms with Crippen LogP contribution in [0.15, 0.2) is 29.6 Å². The Bertz CT molecular complexity index is 484. The number of amidine groups is 1. The van der Waals surface area contributed by atoms with Crippen LogP contribution in [-0.2, 0) is 0 Å². The molecule has 0 bridgehead atoms. The minimum absolute atomic E-state index is 0.0378. The number of allylic oxidation sites excluding steroid dienone is 2. The fraction of sp³-hybridized carbons (Fsp3) is 0.333. The number of pyridine rings is 1. The molecule has 0 saturated carbocycles. The molecule has 5 heteroatoms. The molecule has 4 nitrogen and oxygen atoms in total. The van der Waals surface area contributed by atoms with E-state index in [1.54, 1.807) is 12.3 Å². The van der Waals surface area contributed by atoms with Gasteiger partial charge in [-0.1, -0.05) is 29.8 Å². The zero-order valence-electron chi connectivity index (χ0n) is 9.47. The molecule has 0 amide bonds. The van der Waals surface area contributed by atoms with Crippen LogP contribution in [-0.4, -0.2) is 16.0 Å². The van der Waals surface area contributed by atoms with Gasteiger partial charge in [0.1, 0.15) is 5.84 Å². The third kappa shape index (κ3) is 2.42. The number of nitrogens with two attached hydrogens (primary N) is 1. The average Bonchev–Trinajstić information content (AvgIpc) is 2.70. The first-order valence-electron chi connectivity index (χ1n) is 5.42. The monoisotopic (exact) mass is 251 g/mol. The van der Waals surface area contributed by atoms with E-state index >= 15 is 0 Å².